The molecule has 0 saturated carbocycles. The molecule has 5 heteroatoms. The SMILES string of the molecule is NCC(F)(F)CNc1ccc(Cl)cc1. The van der Waals surface area contributed by atoms with E-state index in [-0.39, 0.29) is 0 Å². The topological polar surface area (TPSA) is 38.0 Å². The first-order valence-corrected chi connectivity index (χ1v) is 4.49. The monoisotopic (exact) mass is 220 g/mol. The van der Waals surface area contributed by atoms with Crippen LogP contribution in [0.15, 0.2) is 24.3 Å². The number of rotatable bonds is 4. The normalized spacial score (nSPS) is 11.4. The summed E-state index contributed by atoms with van der Waals surface area (Å²) in [7, 11) is 0. The number of alkyl halides is 2. The first-order valence-electron chi connectivity index (χ1n) is 4.11. The Hall–Kier alpha value is -0.870. The number of halogens is 3. The van der Waals surface area contributed by atoms with Gasteiger partial charge < -0.3 is 11.1 Å². The Kier molecular flexibility index (Phi) is 3.66. The van der Waals surface area contributed by atoms with Crippen molar-refractivity contribution in [3.8, 4) is 0 Å². The molecule has 3 N–H and O–H groups in total. The zero-order chi connectivity index (χ0) is 10.6. The maximum absolute atomic E-state index is 12.7. The molecule has 2 nitrogen and oxygen atoms in total. The number of anilines is 1. The molecule has 0 radical (unpaired) electrons. The van der Waals surface area contributed by atoms with Crippen LogP contribution in [0.5, 0.6) is 0 Å². The highest BCUT2D eigenvalue weighted by Crippen LogP contribution is 2.16. The van der Waals surface area contributed by atoms with Crippen molar-refractivity contribution in [2.24, 2.45) is 5.73 Å². The Balaban J connectivity index is 2.50. The van der Waals surface area contributed by atoms with Crippen molar-refractivity contribution in [1.82, 2.24) is 0 Å². The Bertz CT molecular complexity index is 287. The largest absolute Gasteiger partial charge is 0.379 e. The molecule has 1 aromatic carbocycles. The molecule has 0 unspecified atom stereocenters. The fourth-order valence-electron chi connectivity index (χ4n) is 0.871. The van der Waals surface area contributed by atoms with Crippen LogP contribution in [0, 0.1) is 0 Å². The van der Waals surface area contributed by atoms with Gasteiger partial charge in [-0.25, -0.2) is 8.78 Å². The number of hydrogen-bond donors (Lipinski definition) is 2. The van der Waals surface area contributed by atoms with Gasteiger partial charge in [-0.15, -0.1) is 0 Å². The van der Waals surface area contributed by atoms with E-state index in [4.69, 9.17) is 17.3 Å². The Morgan fingerprint density at radius 1 is 1.29 bits per heavy atom. The van der Waals surface area contributed by atoms with Crippen molar-refractivity contribution in [2.45, 2.75) is 5.92 Å². The van der Waals surface area contributed by atoms with E-state index in [0.29, 0.717) is 10.7 Å². The third-order valence-electron chi connectivity index (χ3n) is 1.69. The van der Waals surface area contributed by atoms with Gasteiger partial charge >= 0.3 is 0 Å². The molecule has 0 spiro atoms. The van der Waals surface area contributed by atoms with Crippen molar-refractivity contribution in [1.29, 1.82) is 0 Å². The number of nitrogens with one attached hydrogen (secondary N) is 1. The number of hydrogen-bond acceptors (Lipinski definition) is 2. The van der Waals surface area contributed by atoms with Crippen LogP contribution in [-0.4, -0.2) is 19.0 Å². The van der Waals surface area contributed by atoms with Crippen molar-refractivity contribution in [3.05, 3.63) is 29.3 Å². The highest BCUT2D eigenvalue weighted by Gasteiger charge is 2.25. The zero-order valence-electron chi connectivity index (χ0n) is 7.43. The molecular weight excluding hydrogens is 210 g/mol. The maximum atomic E-state index is 12.7. The molecule has 14 heavy (non-hydrogen) atoms. The van der Waals surface area contributed by atoms with Crippen molar-refractivity contribution in [2.75, 3.05) is 18.4 Å². The van der Waals surface area contributed by atoms with E-state index in [0.717, 1.165) is 0 Å². The summed E-state index contributed by atoms with van der Waals surface area (Å²) in [6.45, 7) is -1.13. The summed E-state index contributed by atoms with van der Waals surface area (Å²) in [5, 5.41) is 3.14. The molecule has 1 aromatic rings. The van der Waals surface area contributed by atoms with Gasteiger partial charge in [0.05, 0.1) is 13.1 Å². The minimum Gasteiger partial charge on any atom is -0.379 e. The minimum absolute atomic E-state index is 0.467. The lowest BCUT2D eigenvalue weighted by molar-refractivity contribution is 0.0254. The van der Waals surface area contributed by atoms with Gasteiger partial charge in [-0.05, 0) is 24.3 Å². The average molecular weight is 221 g/mol. The third kappa shape index (κ3) is 3.47. The lowest BCUT2D eigenvalue weighted by Gasteiger charge is -2.15. The molecule has 0 aliphatic carbocycles. The summed E-state index contributed by atoms with van der Waals surface area (Å²) in [6.07, 6.45) is 0. The van der Waals surface area contributed by atoms with Crippen LogP contribution < -0.4 is 11.1 Å². The Labute approximate surface area is 86.1 Å². The smallest absolute Gasteiger partial charge is 0.276 e. The van der Waals surface area contributed by atoms with Crippen molar-refractivity contribution < 1.29 is 8.78 Å². The summed E-state index contributed by atoms with van der Waals surface area (Å²) < 4.78 is 25.4. The van der Waals surface area contributed by atoms with Crippen LogP contribution in [-0.2, 0) is 0 Å². The van der Waals surface area contributed by atoms with E-state index in [9.17, 15) is 8.78 Å². The fraction of sp³-hybridized carbons (Fsp3) is 0.333. The van der Waals surface area contributed by atoms with Gasteiger partial charge in [0, 0.05) is 10.7 Å². The minimum atomic E-state index is -2.88. The lowest BCUT2D eigenvalue weighted by Crippen LogP contribution is -2.35. The summed E-state index contributed by atoms with van der Waals surface area (Å²) >= 11 is 5.63. The molecule has 0 amide bonds. The van der Waals surface area contributed by atoms with Crippen LogP contribution >= 0.6 is 11.6 Å². The van der Waals surface area contributed by atoms with Gasteiger partial charge in [0.25, 0.3) is 5.92 Å². The summed E-state index contributed by atoms with van der Waals surface area (Å²) in [5.41, 5.74) is 5.48. The van der Waals surface area contributed by atoms with Gasteiger partial charge in [-0.1, -0.05) is 11.6 Å². The second-order valence-corrected chi connectivity index (χ2v) is 3.36. The van der Waals surface area contributed by atoms with Gasteiger partial charge in [0.2, 0.25) is 0 Å². The van der Waals surface area contributed by atoms with E-state index >= 15 is 0 Å². The van der Waals surface area contributed by atoms with E-state index in [2.05, 4.69) is 5.32 Å². The molecule has 0 aliphatic heterocycles. The Morgan fingerprint density at radius 2 is 1.86 bits per heavy atom. The molecule has 0 fully saturated rings. The molecule has 0 saturated heterocycles. The molecule has 0 bridgehead atoms. The Morgan fingerprint density at radius 3 is 2.36 bits per heavy atom. The molecule has 0 heterocycles. The third-order valence-corrected chi connectivity index (χ3v) is 1.95. The van der Waals surface area contributed by atoms with Crippen LogP contribution in [0.4, 0.5) is 14.5 Å². The van der Waals surface area contributed by atoms with Crippen molar-refractivity contribution >= 4 is 17.3 Å². The van der Waals surface area contributed by atoms with Crippen LogP contribution in [0.2, 0.25) is 5.02 Å². The van der Waals surface area contributed by atoms with Crippen LogP contribution in [0.3, 0.4) is 0 Å². The van der Waals surface area contributed by atoms with Gasteiger partial charge in [0.1, 0.15) is 0 Å². The quantitative estimate of drug-likeness (QED) is 0.818. The summed E-state index contributed by atoms with van der Waals surface area (Å²) in [5.74, 6) is -2.88. The van der Waals surface area contributed by atoms with Gasteiger partial charge in [-0.3, -0.25) is 0 Å². The summed E-state index contributed by atoms with van der Waals surface area (Å²) in [4.78, 5) is 0. The predicted molar refractivity (Wildman–Crippen MR) is 53.9 cm³/mol. The van der Waals surface area contributed by atoms with Crippen LogP contribution in [0.1, 0.15) is 0 Å². The van der Waals surface area contributed by atoms with Gasteiger partial charge in [-0.2, -0.15) is 0 Å². The number of benzene rings is 1. The summed E-state index contributed by atoms with van der Waals surface area (Å²) in [6, 6.07) is 6.53. The van der Waals surface area contributed by atoms with Crippen LogP contribution in [0.25, 0.3) is 0 Å². The van der Waals surface area contributed by atoms with E-state index in [1.165, 1.54) is 0 Å². The number of nitrogens with two attached hydrogens (primary N) is 1. The first kappa shape index (κ1) is 11.2. The van der Waals surface area contributed by atoms with E-state index in [1.54, 1.807) is 24.3 Å². The van der Waals surface area contributed by atoms with E-state index in [1.807, 2.05) is 0 Å². The molecule has 78 valence electrons. The maximum Gasteiger partial charge on any atom is 0.276 e. The highest BCUT2D eigenvalue weighted by atomic mass is 35.5. The predicted octanol–water partition coefficient (Wildman–Crippen LogP) is 2.35. The fourth-order valence-corrected chi connectivity index (χ4v) is 0.997. The second-order valence-electron chi connectivity index (χ2n) is 2.92. The van der Waals surface area contributed by atoms with E-state index < -0.39 is 19.0 Å². The molecule has 0 aliphatic rings. The second kappa shape index (κ2) is 4.57. The first-order chi connectivity index (χ1) is 6.53. The molecule has 0 atom stereocenters. The lowest BCUT2D eigenvalue weighted by atomic mass is 10.3. The average Bonchev–Trinajstić information content (AvgIpc) is 2.17. The highest BCUT2D eigenvalue weighted by molar-refractivity contribution is 6.30. The molecule has 0 aromatic heterocycles. The van der Waals surface area contributed by atoms with Gasteiger partial charge in [0.15, 0.2) is 0 Å². The van der Waals surface area contributed by atoms with Crippen molar-refractivity contribution in [3.63, 3.8) is 0 Å². The molecular formula is C9H11ClF2N2. The molecule has 1 rings (SSSR count). The standard InChI is InChI=1S/C9H11ClF2N2/c10-7-1-3-8(4-2-7)14-6-9(11,12)5-13/h1-4,14H,5-6,13H2. The zero-order valence-corrected chi connectivity index (χ0v) is 8.19.